The van der Waals surface area contributed by atoms with Crippen molar-refractivity contribution in [3.05, 3.63) is 88.4 Å². The van der Waals surface area contributed by atoms with Crippen LogP contribution in [0.4, 0.5) is 29.1 Å². The van der Waals surface area contributed by atoms with Crippen LogP contribution in [0.2, 0.25) is 0 Å². The summed E-state index contributed by atoms with van der Waals surface area (Å²) in [6.45, 7) is 0.400. The summed E-state index contributed by atoms with van der Waals surface area (Å²) in [5, 5.41) is 2.73. The molecule has 32 heavy (non-hydrogen) atoms. The molecule has 166 valence electrons. The summed E-state index contributed by atoms with van der Waals surface area (Å²) in [4.78, 5) is 18.9. The molecule has 0 bridgehead atoms. The minimum Gasteiger partial charge on any atom is -0.352 e. The fourth-order valence-corrected chi connectivity index (χ4v) is 3.91. The number of carbonyl (C=O) groups excluding carboxylic acids is 1. The summed E-state index contributed by atoms with van der Waals surface area (Å²) in [6.07, 6.45) is 2.72. The van der Waals surface area contributed by atoms with Crippen molar-refractivity contribution in [2.24, 2.45) is 0 Å². The summed E-state index contributed by atoms with van der Waals surface area (Å²) in [7, 11) is 0. The Morgan fingerprint density at radius 3 is 2.59 bits per heavy atom. The van der Waals surface area contributed by atoms with Crippen LogP contribution >= 0.6 is 0 Å². The summed E-state index contributed by atoms with van der Waals surface area (Å²) >= 11 is 0. The van der Waals surface area contributed by atoms with E-state index in [1.165, 1.54) is 0 Å². The number of fused-ring (bicyclic) bond motifs is 1. The molecule has 1 aromatic heterocycles. The van der Waals surface area contributed by atoms with Gasteiger partial charge in [0.25, 0.3) is 5.91 Å². The number of pyridine rings is 1. The first-order chi connectivity index (χ1) is 15.5. The van der Waals surface area contributed by atoms with Gasteiger partial charge in [0, 0.05) is 30.5 Å². The number of rotatable bonds is 7. The number of hydrogen-bond acceptors (Lipinski definition) is 3. The predicted octanol–water partition coefficient (Wildman–Crippen LogP) is 4.87. The van der Waals surface area contributed by atoms with Crippen LogP contribution in [-0.2, 0) is 12.8 Å². The van der Waals surface area contributed by atoms with E-state index in [2.05, 4.69) is 10.3 Å². The Balaban J connectivity index is 1.57. The number of nitrogens with zero attached hydrogens (tertiary/aromatic N) is 2. The summed E-state index contributed by atoms with van der Waals surface area (Å²) in [5.41, 5.74) is 3.37. The average Bonchev–Trinajstić information content (AvgIpc) is 3.22. The number of aromatic nitrogens is 1. The predicted molar refractivity (Wildman–Crippen MR) is 113 cm³/mol. The van der Waals surface area contributed by atoms with Gasteiger partial charge in [-0.25, -0.2) is 18.2 Å². The van der Waals surface area contributed by atoms with Crippen LogP contribution in [0.3, 0.4) is 0 Å². The maximum absolute atomic E-state index is 13.5. The molecule has 1 N–H and O–H groups in total. The Hall–Kier alpha value is -3.42. The van der Waals surface area contributed by atoms with Gasteiger partial charge in [0.15, 0.2) is 17.5 Å². The number of hydrogen-bond donors (Lipinski definition) is 1. The number of alkyl halides is 1. The van der Waals surface area contributed by atoms with Gasteiger partial charge < -0.3 is 10.2 Å². The zero-order valence-corrected chi connectivity index (χ0v) is 17.2. The van der Waals surface area contributed by atoms with Crippen LogP contribution in [0.5, 0.6) is 0 Å². The zero-order valence-electron chi connectivity index (χ0n) is 17.2. The zero-order chi connectivity index (χ0) is 22.7. The number of benzene rings is 2. The number of amides is 1. The highest BCUT2D eigenvalue weighted by Crippen LogP contribution is 2.36. The first-order valence-corrected chi connectivity index (χ1v) is 10.3. The third-order valence-corrected chi connectivity index (χ3v) is 5.41. The van der Waals surface area contributed by atoms with Gasteiger partial charge in [0.05, 0.1) is 6.67 Å². The standard InChI is InChI=1S/C24H21F4N3O/c25-7-2-8-30-24(32)18-3-1-4-21-17(18)6-10-31(21)22-14-15(5-9-29-22)11-16-12-19(26)23(28)20(27)13-16/h1,3-5,9,12-14H,2,6-8,10-11H2,(H,30,32). The Bertz CT molecular complexity index is 1130. The summed E-state index contributed by atoms with van der Waals surface area (Å²) in [6, 6.07) is 10.9. The second-order valence-corrected chi connectivity index (χ2v) is 7.58. The largest absolute Gasteiger partial charge is 0.352 e. The van der Waals surface area contributed by atoms with Gasteiger partial charge in [-0.1, -0.05) is 6.07 Å². The van der Waals surface area contributed by atoms with Crippen molar-refractivity contribution < 1.29 is 22.4 Å². The average molecular weight is 443 g/mol. The molecule has 1 aliphatic heterocycles. The Morgan fingerprint density at radius 1 is 1.06 bits per heavy atom. The topological polar surface area (TPSA) is 45.2 Å². The van der Waals surface area contributed by atoms with E-state index >= 15 is 0 Å². The smallest absolute Gasteiger partial charge is 0.251 e. The molecule has 2 heterocycles. The quantitative estimate of drug-likeness (QED) is 0.322. The Kier molecular flexibility index (Phi) is 6.39. The number of nitrogens with one attached hydrogen (secondary N) is 1. The Labute approximate surface area is 182 Å². The molecule has 0 spiro atoms. The van der Waals surface area contributed by atoms with Crippen molar-refractivity contribution in [3.63, 3.8) is 0 Å². The van der Waals surface area contributed by atoms with E-state index in [0.717, 1.165) is 28.9 Å². The monoisotopic (exact) mass is 443 g/mol. The van der Waals surface area contributed by atoms with E-state index in [1.807, 2.05) is 17.0 Å². The lowest BCUT2D eigenvalue weighted by Crippen LogP contribution is -2.25. The number of halogens is 4. The van der Waals surface area contributed by atoms with E-state index in [9.17, 15) is 22.4 Å². The van der Waals surface area contributed by atoms with E-state index in [0.29, 0.717) is 29.9 Å². The molecule has 0 unspecified atom stereocenters. The van der Waals surface area contributed by atoms with Gasteiger partial charge in [0.2, 0.25) is 0 Å². The van der Waals surface area contributed by atoms with E-state index in [4.69, 9.17) is 0 Å². The molecule has 0 aliphatic carbocycles. The lowest BCUT2D eigenvalue weighted by atomic mass is 10.0. The van der Waals surface area contributed by atoms with Crippen molar-refractivity contribution in [3.8, 4) is 0 Å². The first kappa shape index (κ1) is 21.8. The third kappa shape index (κ3) is 4.44. The molecule has 1 amide bonds. The lowest BCUT2D eigenvalue weighted by molar-refractivity contribution is 0.0952. The minimum atomic E-state index is -1.48. The van der Waals surface area contributed by atoms with Gasteiger partial charge in [-0.05, 0) is 72.4 Å². The van der Waals surface area contributed by atoms with E-state index < -0.39 is 24.1 Å². The van der Waals surface area contributed by atoms with Crippen LogP contribution < -0.4 is 10.2 Å². The molecule has 4 rings (SSSR count). The van der Waals surface area contributed by atoms with Crippen molar-refractivity contribution in [2.45, 2.75) is 19.3 Å². The first-order valence-electron chi connectivity index (χ1n) is 10.3. The van der Waals surface area contributed by atoms with E-state index in [-0.39, 0.29) is 25.3 Å². The van der Waals surface area contributed by atoms with Gasteiger partial charge in [0.1, 0.15) is 5.82 Å². The normalized spacial score (nSPS) is 12.7. The van der Waals surface area contributed by atoms with Crippen LogP contribution in [0.25, 0.3) is 0 Å². The molecular formula is C24H21F4N3O. The molecule has 8 heteroatoms. The maximum atomic E-state index is 13.5. The minimum absolute atomic E-state index is 0.210. The molecule has 1 aliphatic rings. The highest BCUT2D eigenvalue weighted by molar-refractivity contribution is 5.98. The molecule has 4 nitrogen and oxygen atoms in total. The van der Waals surface area contributed by atoms with Crippen molar-refractivity contribution >= 4 is 17.4 Å². The molecule has 0 radical (unpaired) electrons. The highest BCUT2D eigenvalue weighted by atomic mass is 19.2. The molecule has 0 saturated heterocycles. The molecule has 0 fully saturated rings. The van der Waals surface area contributed by atoms with Gasteiger partial charge in [-0.15, -0.1) is 0 Å². The van der Waals surface area contributed by atoms with Crippen molar-refractivity contribution in [2.75, 3.05) is 24.7 Å². The second-order valence-electron chi connectivity index (χ2n) is 7.58. The fourth-order valence-electron chi connectivity index (χ4n) is 3.91. The fraction of sp³-hybridized carbons (Fsp3) is 0.250. The van der Waals surface area contributed by atoms with Crippen LogP contribution in [-0.4, -0.2) is 30.7 Å². The second kappa shape index (κ2) is 9.38. The number of carbonyl (C=O) groups is 1. The molecule has 2 aromatic carbocycles. The SMILES string of the molecule is O=C(NCCCF)c1cccc2c1CCN2c1cc(Cc2cc(F)c(F)c(F)c2)ccn1. The summed E-state index contributed by atoms with van der Waals surface area (Å²) < 4.78 is 52.6. The molecule has 0 saturated carbocycles. The van der Waals surface area contributed by atoms with Gasteiger partial charge in [-0.2, -0.15) is 0 Å². The summed E-state index contributed by atoms with van der Waals surface area (Å²) in [5.74, 6) is -3.53. The van der Waals surface area contributed by atoms with Crippen molar-refractivity contribution in [1.29, 1.82) is 0 Å². The molecule has 0 atom stereocenters. The van der Waals surface area contributed by atoms with E-state index in [1.54, 1.807) is 24.4 Å². The Morgan fingerprint density at radius 2 is 1.84 bits per heavy atom. The molecular weight excluding hydrogens is 422 g/mol. The third-order valence-electron chi connectivity index (χ3n) is 5.41. The van der Waals surface area contributed by atoms with Crippen molar-refractivity contribution in [1.82, 2.24) is 10.3 Å². The van der Waals surface area contributed by atoms with Crippen LogP contribution in [0, 0.1) is 17.5 Å². The molecule has 3 aromatic rings. The maximum Gasteiger partial charge on any atom is 0.251 e. The number of anilines is 2. The van der Waals surface area contributed by atoms with Crippen LogP contribution in [0.1, 0.15) is 33.5 Å². The van der Waals surface area contributed by atoms with Crippen LogP contribution in [0.15, 0.2) is 48.7 Å². The lowest BCUT2D eigenvalue weighted by Gasteiger charge is -2.19. The van der Waals surface area contributed by atoms with Gasteiger partial charge >= 0.3 is 0 Å². The van der Waals surface area contributed by atoms with Gasteiger partial charge in [-0.3, -0.25) is 9.18 Å². The highest BCUT2D eigenvalue weighted by Gasteiger charge is 2.26.